The zero-order valence-electron chi connectivity index (χ0n) is 24.8. The van der Waals surface area contributed by atoms with E-state index in [1.54, 1.807) is 27.7 Å². The van der Waals surface area contributed by atoms with Gasteiger partial charge >= 0.3 is 12.1 Å². The van der Waals surface area contributed by atoms with Crippen LogP contribution in [0.15, 0.2) is 24.3 Å². The third-order valence-electron chi connectivity index (χ3n) is 6.03. The first-order valence-electron chi connectivity index (χ1n) is 13.3. The van der Waals surface area contributed by atoms with Crippen LogP contribution in [-0.2, 0) is 23.9 Å². The number of rotatable bonds is 11. The highest BCUT2D eigenvalue weighted by atomic mass is 16.6. The quantitative estimate of drug-likeness (QED) is 0.400. The Morgan fingerprint density at radius 2 is 1.61 bits per heavy atom. The molecule has 0 saturated heterocycles. The van der Waals surface area contributed by atoms with Crippen LogP contribution in [0.3, 0.4) is 0 Å². The van der Waals surface area contributed by atoms with Crippen LogP contribution in [0.5, 0.6) is 0 Å². The molecule has 0 aliphatic heterocycles. The van der Waals surface area contributed by atoms with Gasteiger partial charge in [0, 0.05) is 12.1 Å². The molecule has 3 amide bonds. The summed E-state index contributed by atoms with van der Waals surface area (Å²) in [6.07, 6.45) is -0.0687. The summed E-state index contributed by atoms with van der Waals surface area (Å²) in [4.78, 5) is 54.1. The predicted octanol–water partition coefficient (Wildman–Crippen LogP) is 4.67. The fraction of sp³-hybridized carbons (Fsp3) is 0.655. The molecule has 0 bridgehead atoms. The van der Waals surface area contributed by atoms with Crippen molar-refractivity contribution in [3.05, 3.63) is 35.4 Å². The van der Waals surface area contributed by atoms with E-state index in [-0.39, 0.29) is 25.5 Å². The molecule has 0 aliphatic carbocycles. The van der Waals surface area contributed by atoms with Crippen molar-refractivity contribution in [2.45, 2.75) is 105 Å². The predicted molar refractivity (Wildman–Crippen MR) is 147 cm³/mol. The molecule has 0 spiro atoms. The first kappa shape index (κ1) is 32.9. The average molecular weight is 534 g/mol. The number of nitrogens with zero attached hydrogens (tertiary/aromatic N) is 1. The number of esters is 1. The van der Waals surface area contributed by atoms with E-state index >= 15 is 0 Å². The number of ether oxygens (including phenoxy) is 2. The lowest BCUT2D eigenvalue weighted by atomic mass is 9.90. The van der Waals surface area contributed by atoms with E-state index in [0.717, 1.165) is 5.56 Å². The molecule has 1 aromatic rings. The summed E-state index contributed by atoms with van der Waals surface area (Å²) in [5, 5.41) is 5.58. The Bertz CT molecular complexity index is 964. The van der Waals surface area contributed by atoms with Crippen molar-refractivity contribution in [2.24, 2.45) is 5.92 Å². The number of carbonyl (C=O) groups is 4. The Morgan fingerprint density at radius 1 is 1.00 bits per heavy atom. The van der Waals surface area contributed by atoms with Crippen molar-refractivity contribution in [1.29, 1.82) is 0 Å². The molecule has 2 N–H and O–H groups in total. The molecule has 0 saturated carbocycles. The minimum Gasteiger partial charge on any atom is -0.466 e. The van der Waals surface area contributed by atoms with E-state index in [4.69, 9.17) is 9.47 Å². The monoisotopic (exact) mass is 533 g/mol. The molecule has 0 fully saturated rings. The SMILES string of the molecule is CCOC(=O)CCNC(=O)C(c1ccccc1C)N(C(=O)C(NC(=O)OC(C)(C)C)C(C)CC)C(C)(C)C. The highest BCUT2D eigenvalue weighted by Gasteiger charge is 2.43. The van der Waals surface area contributed by atoms with Crippen LogP contribution in [-0.4, -0.2) is 59.1 Å². The summed E-state index contributed by atoms with van der Waals surface area (Å²) in [6.45, 7) is 18.5. The van der Waals surface area contributed by atoms with Crippen LogP contribution in [0, 0.1) is 12.8 Å². The third-order valence-corrected chi connectivity index (χ3v) is 6.03. The fourth-order valence-corrected chi connectivity index (χ4v) is 4.02. The van der Waals surface area contributed by atoms with E-state index in [0.29, 0.717) is 12.0 Å². The molecule has 9 nitrogen and oxygen atoms in total. The molecule has 214 valence electrons. The van der Waals surface area contributed by atoms with Gasteiger partial charge < -0.3 is 25.0 Å². The van der Waals surface area contributed by atoms with Crippen LogP contribution in [0.25, 0.3) is 0 Å². The van der Waals surface area contributed by atoms with E-state index in [1.807, 2.05) is 65.8 Å². The maximum absolute atomic E-state index is 14.3. The largest absolute Gasteiger partial charge is 0.466 e. The van der Waals surface area contributed by atoms with Crippen LogP contribution in [0.2, 0.25) is 0 Å². The van der Waals surface area contributed by atoms with Crippen molar-refractivity contribution in [1.82, 2.24) is 15.5 Å². The normalized spacial score (nSPS) is 14.1. The van der Waals surface area contributed by atoms with E-state index in [2.05, 4.69) is 10.6 Å². The molecule has 9 heteroatoms. The summed E-state index contributed by atoms with van der Waals surface area (Å²) in [6, 6.07) is 5.45. The first-order chi connectivity index (χ1) is 17.5. The maximum Gasteiger partial charge on any atom is 0.408 e. The Labute approximate surface area is 228 Å². The molecule has 3 unspecified atom stereocenters. The van der Waals surface area contributed by atoms with E-state index in [9.17, 15) is 19.2 Å². The molecular weight excluding hydrogens is 486 g/mol. The van der Waals surface area contributed by atoms with Crippen molar-refractivity contribution in [3.63, 3.8) is 0 Å². The Morgan fingerprint density at radius 3 is 2.11 bits per heavy atom. The molecule has 38 heavy (non-hydrogen) atoms. The van der Waals surface area contributed by atoms with Gasteiger partial charge in [0.1, 0.15) is 17.7 Å². The molecular formula is C29H47N3O6. The van der Waals surface area contributed by atoms with Crippen LogP contribution in [0.1, 0.15) is 92.3 Å². The van der Waals surface area contributed by atoms with Crippen molar-refractivity contribution in [3.8, 4) is 0 Å². The molecule has 0 heterocycles. The molecule has 0 aliphatic rings. The van der Waals surface area contributed by atoms with Gasteiger partial charge in [0.2, 0.25) is 11.8 Å². The number of hydrogen-bond donors (Lipinski definition) is 2. The second kappa shape index (κ2) is 14.2. The van der Waals surface area contributed by atoms with Crippen molar-refractivity contribution in [2.75, 3.05) is 13.2 Å². The molecule has 0 radical (unpaired) electrons. The summed E-state index contributed by atoms with van der Waals surface area (Å²) < 4.78 is 10.4. The lowest BCUT2D eigenvalue weighted by molar-refractivity contribution is -0.150. The standard InChI is InChI=1S/C29H47N3O6/c1-11-19(3)23(31-27(36)38-29(8,9)10)26(35)32(28(5,6)7)24(21-16-14-13-15-20(21)4)25(34)30-18-17-22(33)37-12-2/h13-16,19,23-24H,11-12,17-18H2,1-10H3,(H,30,34)(H,31,36). The molecule has 1 rings (SSSR count). The fourth-order valence-electron chi connectivity index (χ4n) is 4.02. The van der Waals surface area contributed by atoms with Gasteiger partial charge in [0.05, 0.1) is 13.0 Å². The van der Waals surface area contributed by atoms with Gasteiger partial charge in [0.15, 0.2) is 0 Å². The zero-order valence-corrected chi connectivity index (χ0v) is 24.8. The minimum absolute atomic E-state index is 0.0131. The van der Waals surface area contributed by atoms with Gasteiger partial charge in [-0.1, -0.05) is 44.5 Å². The average Bonchev–Trinajstić information content (AvgIpc) is 2.78. The maximum atomic E-state index is 14.3. The summed E-state index contributed by atoms with van der Waals surface area (Å²) in [5.74, 6) is -1.47. The number of benzene rings is 1. The van der Waals surface area contributed by atoms with Gasteiger partial charge in [-0.25, -0.2) is 4.79 Å². The Balaban J connectivity index is 3.52. The highest BCUT2D eigenvalue weighted by Crippen LogP contribution is 2.32. The number of nitrogens with one attached hydrogen (secondary N) is 2. The van der Waals surface area contributed by atoms with Crippen LogP contribution >= 0.6 is 0 Å². The number of aryl methyl sites for hydroxylation is 1. The summed E-state index contributed by atoms with van der Waals surface area (Å²) in [5.41, 5.74) is -0.0479. The third kappa shape index (κ3) is 9.99. The van der Waals surface area contributed by atoms with Gasteiger partial charge in [-0.2, -0.15) is 0 Å². The van der Waals surface area contributed by atoms with Gasteiger partial charge in [-0.05, 0) is 72.4 Å². The van der Waals surface area contributed by atoms with E-state index in [1.165, 1.54) is 4.90 Å². The van der Waals surface area contributed by atoms with Crippen molar-refractivity contribution >= 4 is 23.9 Å². The first-order valence-corrected chi connectivity index (χ1v) is 13.3. The summed E-state index contributed by atoms with van der Waals surface area (Å²) in [7, 11) is 0. The zero-order chi connectivity index (χ0) is 29.3. The smallest absolute Gasteiger partial charge is 0.408 e. The molecule has 1 aromatic carbocycles. The molecule has 0 aromatic heterocycles. The number of carbonyl (C=O) groups excluding carboxylic acids is 4. The van der Waals surface area contributed by atoms with Gasteiger partial charge in [-0.3, -0.25) is 14.4 Å². The van der Waals surface area contributed by atoms with E-state index < -0.39 is 47.1 Å². The number of amides is 3. The number of hydrogen-bond acceptors (Lipinski definition) is 6. The van der Waals surface area contributed by atoms with Gasteiger partial charge in [-0.15, -0.1) is 0 Å². The second-order valence-corrected chi connectivity index (χ2v) is 11.5. The van der Waals surface area contributed by atoms with Crippen molar-refractivity contribution < 1.29 is 28.7 Å². The summed E-state index contributed by atoms with van der Waals surface area (Å²) >= 11 is 0. The van der Waals surface area contributed by atoms with Crippen LogP contribution < -0.4 is 10.6 Å². The second-order valence-electron chi connectivity index (χ2n) is 11.5. The molecule has 3 atom stereocenters. The number of alkyl carbamates (subject to hydrolysis) is 1. The lowest BCUT2D eigenvalue weighted by Gasteiger charge is -2.44. The lowest BCUT2D eigenvalue weighted by Crippen LogP contribution is -2.60. The Hall–Kier alpha value is -3.10. The Kier molecular flexibility index (Phi) is 12.3. The topological polar surface area (TPSA) is 114 Å². The van der Waals surface area contributed by atoms with Gasteiger partial charge in [0.25, 0.3) is 0 Å². The minimum atomic E-state index is -1.00. The van der Waals surface area contributed by atoms with Crippen LogP contribution in [0.4, 0.5) is 4.79 Å². The highest BCUT2D eigenvalue weighted by molar-refractivity contribution is 5.93.